The van der Waals surface area contributed by atoms with Gasteiger partial charge < -0.3 is 15.3 Å². The molecule has 6 heteroatoms. The maximum Gasteiger partial charge on any atom is 0.322 e. The van der Waals surface area contributed by atoms with Gasteiger partial charge in [-0.15, -0.1) is 0 Å². The summed E-state index contributed by atoms with van der Waals surface area (Å²) in [7, 11) is 0. The number of carbonyl (C=O) groups excluding carboxylic acids is 2. The van der Waals surface area contributed by atoms with Crippen molar-refractivity contribution in [1.29, 1.82) is 0 Å². The largest absolute Gasteiger partial charge is 0.391 e. The number of benzene rings is 1. The van der Waals surface area contributed by atoms with Crippen molar-refractivity contribution >= 4 is 17.6 Å². The van der Waals surface area contributed by atoms with Crippen molar-refractivity contribution in [2.24, 2.45) is 0 Å². The molecule has 110 valence electrons. The minimum atomic E-state index is -0.879. The average Bonchev–Trinajstić information content (AvgIpc) is 3.11. The van der Waals surface area contributed by atoms with Gasteiger partial charge in [-0.3, -0.25) is 10.1 Å². The van der Waals surface area contributed by atoms with Crippen LogP contribution in [0.25, 0.3) is 0 Å². The average molecular weight is 287 g/mol. The lowest BCUT2D eigenvalue weighted by molar-refractivity contribution is -0.124. The van der Waals surface area contributed by atoms with Gasteiger partial charge in [0.1, 0.15) is 5.54 Å². The molecule has 3 N–H and O–H groups in total. The van der Waals surface area contributed by atoms with E-state index in [0.717, 1.165) is 36.2 Å². The number of amides is 3. The molecule has 3 amide bonds. The number of carbonyl (C=O) groups is 2. The molecule has 2 fully saturated rings. The number of hydrogen-bond acceptors (Lipinski definition) is 4. The van der Waals surface area contributed by atoms with E-state index in [4.69, 9.17) is 0 Å². The number of aryl methyl sites for hydroxylation is 1. The number of nitrogens with zero attached hydrogens (tertiary/aromatic N) is 1. The Kier molecular flexibility index (Phi) is 2.53. The molecule has 6 nitrogen and oxygen atoms in total. The van der Waals surface area contributed by atoms with Crippen LogP contribution in [0, 0.1) is 0 Å². The smallest absolute Gasteiger partial charge is 0.322 e. The summed E-state index contributed by atoms with van der Waals surface area (Å²) < 4.78 is 0. The number of fused-ring (bicyclic) bond motifs is 2. The molecule has 1 aromatic rings. The van der Waals surface area contributed by atoms with Gasteiger partial charge in [-0.2, -0.15) is 0 Å². The van der Waals surface area contributed by atoms with Crippen LogP contribution in [0.4, 0.5) is 10.5 Å². The highest BCUT2D eigenvalue weighted by Gasteiger charge is 2.51. The monoisotopic (exact) mass is 287 g/mol. The maximum absolute atomic E-state index is 12.1. The SMILES string of the molecule is O=C1NC(=O)C2(CCc3cc(N4CCC(O)C4)ccc32)N1. The van der Waals surface area contributed by atoms with Crippen molar-refractivity contribution < 1.29 is 14.7 Å². The third-order valence-corrected chi connectivity index (χ3v) is 4.79. The highest BCUT2D eigenvalue weighted by atomic mass is 16.3. The molecule has 3 aliphatic rings. The van der Waals surface area contributed by atoms with Crippen molar-refractivity contribution in [3.63, 3.8) is 0 Å². The van der Waals surface area contributed by atoms with Crippen LogP contribution in [-0.4, -0.2) is 36.2 Å². The van der Waals surface area contributed by atoms with Crippen molar-refractivity contribution in [3.05, 3.63) is 29.3 Å². The molecule has 21 heavy (non-hydrogen) atoms. The molecule has 4 rings (SSSR count). The zero-order valence-electron chi connectivity index (χ0n) is 11.6. The number of rotatable bonds is 1. The first-order chi connectivity index (χ1) is 10.1. The summed E-state index contributed by atoms with van der Waals surface area (Å²) in [5.74, 6) is -0.254. The van der Waals surface area contributed by atoms with Gasteiger partial charge in [0.15, 0.2) is 0 Å². The second kappa shape index (κ2) is 4.21. The lowest BCUT2D eigenvalue weighted by atomic mass is 9.92. The van der Waals surface area contributed by atoms with Gasteiger partial charge in [-0.1, -0.05) is 6.07 Å². The molecular formula is C15H17N3O3. The molecule has 1 aliphatic carbocycles. The van der Waals surface area contributed by atoms with Gasteiger partial charge in [0.2, 0.25) is 0 Å². The van der Waals surface area contributed by atoms with E-state index in [-0.39, 0.29) is 12.0 Å². The number of nitrogens with one attached hydrogen (secondary N) is 2. The number of β-amino-alcohol motifs (C(OH)–C–C–N with tert-alkyl or cyclic N) is 1. The quantitative estimate of drug-likeness (QED) is 0.646. The molecule has 2 aliphatic heterocycles. The molecule has 2 saturated heterocycles. The molecular weight excluding hydrogens is 270 g/mol. The maximum atomic E-state index is 12.1. The Morgan fingerprint density at radius 3 is 2.86 bits per heavy atom. The molecule has 1 aromatic carbocycles. The van der Waals surface area contributed by atoms with Crippen molar-refractivity contribution in [1.82, 2.24) is 10.6 Å². The number of anilines is 1. The molecule has 0 radical (unpaired) electrons. The van der Waals surface area contributed by atoms with Gasteiger partial charge in [0.05, 0.1) is 6.10 Å². The Bertz CT molecular complexity index is 645. The van der Waals surface area contributed by atoms with E-state index < -0.39 is 11.6 Å². The van der Waals surface area contributed by atoms with E-state index in [0.29, 0.717) is 13.0 Å². The fourth-order valence-corrected chi connectivity index (χ4v) is 3.69. The molecule has 2 unspecified atom stereocenters. The minimum Gasteiger partial charge on any atom is -0.391 e. The van der Waals surface area contributed by atoms with E-state index in [9.17, 15) is 14.7 Å². The van der Waals surface area contributed by atoms with Gasteiger partial charge >= 0.3 is 6.03 Å². The zero-order chi connectivity index (χ0) is 14.6. The van der Waals surface area contributed by atoms with Crippen LogP contribution in [0.3, 0.4) is 0 Å². The molecule has 2 atom stereocenters. The van der Waals surface area contributed by atoms with E-state index in [1.807, 2.05) is 12.1 Å². The highest BCUT2D eigenvalue weighted by Crippen LogP contribution is 2.40. The van der Waals surface area contributed by atoms with Crippen LogP contribution in [0.1, 0.15) is 24.0 Å². The Hall–Kier alpha value is -2.08. The summed E-state index contributed by atoms with van der Waals surface area (Å²) in [6.07, 6.45) is 1.91. The normalized spacial score (nSPS) is 30.7. The summed E-state index contributed by atoms with van der Waals surface area (Å²) in [6.45, 7) is 1.50. The number of hydrogen-bond donors (Lipinski definition) is 3. The first kappa shape index (κ1) is 12.6. The van der Waals surface area contributed by atoms with Crippen LogP contribution in [0.2, 0.25) is 0 Å². The first-order valence-corrected chi connectivity index (χ1v) is 7.28. The third-order valence-electron chi connectivity index (χ3n) is 4.79. The number of imide groups is 1. The minimum absolute atomic E-state index is 0.254. The number of aliphatic hydroxyl groups excluding tert-OH is 1. The lowest BCUT2D eigenvalue weighted by Crippen LogP contribution is -2.41. The van der Waals surface area contributed by atoms with Crippen LogP contribution in [-0.2, 0) is 16.8 Å². The predicted molar refractivity (Wildman–Crippen MR) is 76.0 cm³/mol. The molecule has 0 saturated carbocycles. The second-order valence-corrected chi connectivity index (χ2v) is 6.04. The summed E-state index contributed by atoms with van der Waals surface area (Å²) in [5.41, 5.74) is 2.20. The van der Waals surface area contributed by atoms with Gasteiger partial charge in [-0.25, -0.2) is 4.79 Å². The van der Waals surface area contributed by atoms with Crippen LogP contribution < -0.4 is 15.5 Å². The van der Waals surface area contributed by atoms with Crippen LogP contribution in [0.5, 0.6) is 0 Å². The molecule has 0 aromatic heterocycles. The Morgan fingerprint density at radius 2 is 2.19 bits per heavy atom. The van der Waals surface area contributed by atoms with E-state index in [2.05, 4.69) is 21.6 Å². The summed E-state index contributed by atoms with van der Waals surface area (Å²) in [5, 5.41) is 14.8. The standard InChI is InChI=1S/C15H17N3O3/c19-11-4-6-18(8-11)10-1-2-12-9(7-10)3-5-15(12)13(20)16-14(21)17-15/h1-2,7,11,19H,3-6,8H2,(H2,16,17,20,21). The van der Waals surface area contributed by atoms with Crippen LogP contribution in [0.15, 0.2) is 18.2 Å². The second-order valence-electron chi connectivity index (χ2n) is 6.04. The van der Waals surface area contributed by atoms with Gasteiger partial charge in [0.25, 0.3) is 5.91 Å². The summed E-state index contributed by atoms with van der Waals surface area (Å²) in [4.78, 5) is 25.7. The Balaban J connectivity index is 1.69. The lowest BCUT2D eigenvalue weighted by Gasteiger charge is -2.23. The first-order valence-electron chi connectivity index (χ1n) is 7.28. The highest BCUT2D eigenvalue weighted by molar-refractivity contribution is 6.08. The van der Waals surface area contributed by atoms with Gasteiger partial charge in [0, 0.05) is 18.8 Å². The fourth-order valence-electron chi connectivity index (χ4n) is 3.69. The number of aliphatic hydroxyl groups is 1. The molecule has 2 heterocycles. The molecule has 1 spiro atoms. The fraction of sp³-hybridized carbons (Fsp3) is 0.467. The third kappa shape index (κ3) is 1.75. The van der Waals surface area contributed by atoms with E-state index in [1.54, 1.807) is 0 Å². The topological polar surface area (TPSA) is 81.7 Å². The van der Waals surface area contributed by atoms with E-state index >= 15 is 0 Å². The van der Waals surface area contributed by atoms with Crippen LogP contribution >= 0.6 is 0 Å². The Morgan fingerprint density at radius 1 is 1.33 bits per heavy atom. The summed E-state index contributed by atoms with van der Waals surface area (Å²) in [6, 6.07) is 5.58. The van der Waals surface area contributed by atoms with Crippen molar-refractivity contribution in [2.45, 2.75) is 30.9 Å². The summed E-state index contributed by atoms with van der Waals surface area (Å²) >= 11 is 0. The Labute approximate surface area is 122 Å². The van der Waals surface area contributed by atoms with E-state index in [1.165, 1.54) is 0 Å². The molecule has 0 bridgehead atoms. The van der Waals surface area contributed by atoms with Crippen molar-refractivity contribution in [3.8, 4) is 0 Å². The predicted octanol–water partition coefficient (Wildman–Crippen LogP) is 0.238. The van der Waals surface area contributed by atoms with Crippen molar-refractivity contribution in [2.75, 3.05) is 18.0 Å². The number of urea groups is 1. The zero-order valence-corrected chi connectivity index (χ0v) is 11.6. The van der Waals surface area contributed by atoms with Gasteiger partial charge in [-0.05, 0) is 42.5 Å².